The summed E-state index contributed by atoms with van der Waals surface area (Å²) in [6.45, 7) is 0.804. The molecule has 0 aliphatic heterocycles. The van der Waals surface area contributed by atoms with Crippen LogP contribution in [0.15, 0.2) is 24.3 Å². The molecular weight excluding hydrogens is 236 g/mol. The lowest BCUT2D eigenvalue weighted by Crippen LogP contribution is -2.25. The molecule has 0 heterocycles. The smallest absolute Gasteiger partial charge is 0.251 e. The molecule has 1 fully saturated rings. The van der Waals surface area contributed by atoms with Crippen molar-refractivity contribution in [2.24, 2.45) is 5.92 Å². The molecule has 1 aliphatic rings. The van der Waals surface area contributed by atoms with Gasteiger partial charge >= 0.3 is 0 Å². The summed E-state index contributed by atoms with van der Waals surface area (Å²) in [6.07, 6.45) is 6.54. The van der Waals surface area contributed by atoms with Crippen molar-refractivity contribution in [3.63, 3.8) is 0 Å². The third-order valence-corrected chi connectivity index (χ3v) is 3.96. The summed E-state index contributed by atoms with van der Waals surface area (Å²) in [6, 6.07) is 7.73. The maximum absolute atomic E-state index is 12.0. The van der Waals surface area contributed by atoms with Gasteiger partial charge in [-0.25, -0.2) is 0 Å². The summed E-state index contributed by atoms with van der Waals surface area (Å²) in [4.78, 5) is 14.0. The molecule has 0 atom stereocenters. The molecule has 104 valence electrons. The average molecular weight is 260 g/mol. The SMILES string of the molecule is CN(C)c1ccc(C(=O)NCCC2CCCC2)cc1. The number of amides is 1. The predicted octanol–water partition coefficient (Wildman–Crippen LogP) is 3.06. The Morgan fingerprint density at radius 3 is 2.42 bits per heavy atom. The number of hydrogen-bond acceptors (Lipinski definition) is 2. The highest BCUT2D eigenvalue weighted by Crippen LogP contribution is 2.26. The number of nitrogens with zero attached hydrogens (tertiary/aromatic N) is 1. The molecule has 1 amide bonds. The molecule has 1 saturated carbocycles. The van der Waals surface area contributed by atoms with Crippen molar-refractivity contribution in [1.29, 1.82) is 0 Å². The third-order valence-electron chi connectivity index (χ3n) is 3.96. The van der Waals surface area contributed by atoms with Crippen LogP contribution in [0.3, 0.4) is 0 Å². The molecule has 3 heteroatoms. The van der Waals surface area contributed by atoms with E-state index in [9.17, 15) is 4.79 Å². The molecule has 2 rings (SSSR count). The summed E-state index contributed by atoms with van der Waals surface area (Å²) in [5.74, 6) is 0.875. The van der Waals surface area contributed by atoms with E-state index in [-0.39, 0.29) is 5.91 Å². The van der Waals surface area contributed by atoms with Crippen LogP contribution in [-0.2, 0) is 0 Å². The largest absolute Gasteiger partial charge is 0.378 e. The Labute approximate surface area is 116 Å². The Bertz CT molecular complexity index is 405. The first kappa shape index (κ1) is 13.9. The maximum atomic E-state index is 12.0. The van der Waals surface area contributed by atoms with E-state index in [1.807, 2.05) is 43.3 Å². The lowest BCUT2D eigenvalue weighted by atomic mass is 10.0. The molecule has 19 heavy (non-hydrogen) atoms. The number of carbonyl (C=O) groups excluding carboxylic acids is 1. The third kappa shape index (κ3) is 3.98. The number of hydrogen-bond donors (Lipinski definition) is 1. The first-order chi connectivity index (χ1) is 9.16. The van der Waals surface area contributed by atoms with Gasteiger partial charge in [-0.05, 0) is 36.6 Å². The first-order valence-corrected chi connectivity index (χ1v) is 7.22. The number of benzene rings is 1. The van der Waals surface area contributed by atoms with E-state index in [0.717, 1.165) is 30.1 Å². The molecule has 3 nitrogen and oxygen atoms in total. The van der Waals surface area contributed by atoms with Gasteiger partial charge in [0.25, 0.3) is 5.91 Å². The van der Waals surface area contributed by atoms with Gasteiger partial charge in [0.1, 0.15) is 0 Å². The van der Waals surface area contributed by atoms with E-state index < -0.39 is 0 Å². The average Bonchev–Trinajstić information content (AvgIpc) is 2.92. The van der Waals surface area contributed by atoms with Crippen LogP contribution < -0.4 is 10.2 Å². The summed E-state index contributed by atoms with van der Waals surface area (Å²) in [5.41, 5.74) is 1.86. The Kier molecular flexibility index (Phi) is 4.83. The second kappa shape index (κ2) is 6.60. The minimum absolute atomic E-state index is 0.0447. The zero-order valence-electron chi connectivity index (χ0n) is 12.0. The fourth-order valence-corrected chi connectivity index (χ4v) is 2.70. The lowest BCUT2D eigenvalue weighted by molar-refractivity contribution is 0.0951. The molecule has 1 aromatic carbocycles. The monoisotopic (exact) mass is 260 g/mol. The van der Waals surface area contributed by atoms with Crippen LogP contribution in [0.2, 0.25) is 0 Å². The molecule has 0 bridgehead atoms. The molecule has 0 unspecified atom stereocenters. The van der Waals surface area contributed by atoms with Crippen molar-refractivity contribution in [1.82, 2.24) is 5.32 Å². The van der Waals surface area contributed by atoms with Gasteiger partial charge in [-0.1, -0.05) is 25.7 Å². The predicted molar refractivity (Wildman–Crippen MR) is 79.7 cm³/mol. The molecule has 1 aliphatic carbocycles. The van der Waals surface area contributed by atoms with E-state index in [0.29, 0.717) is 0 Å². The topological polar surface area (TPSA) is 32.3 Å². The summed E-state index contributed by atoms with van der Waals surface area (Å²) in [5, 5.41) is 3.02. The van der Waals surface area contributed by atoms with E-state index in [2.05, 4.69) is 5.32 Å². The summed E-state index contributed by atoms with van der Waals surface area (Å²) >= 11 is 0. The van der Waals surface area contributed by atoms with Crippen molar-refractivity contribution in [2.45, 2.75) is 32.1 Å². The van der Waals surface area contributed by atoms with Crippen LogP contribution in [0.4, 0.5) is 5.69 Å². The normalized spacial score (nSPS) is 15.5. The highest BCUT2D eigenvalue weighted by atomic mass is 16.1. The molecule has 0 saturated heterocycles. The molecular formula is C16H24N2O. The summed E-state index contributed by atoms with van der Waals surface area (Å²) in [7, 11) is 3.99. The highest BCUT2D eigenvalue weighted by Gasteiger charge is 2.14. The van der Waals surface area contributed by atoms with E-state index >= 15 is 0 Å². The van der Waals surface area contributed by atoms with Crippen LogP contribution >= 0.6 is 0 Å². The number of rotatable bonds is 5. The molecule has 0 aromatic heterocycles. The minimum atomic E-state index is 0.0447. The Morgan fingerprint density at radius 2 is 1.84 bits per heavy atom. The summed E-state index contributed by atoms with van der Waals surface area (Å²) < 4.78 is 0. The maximum Gasteiger partial charge on any atom is 0.251 e. The van der Waals surface area contributed by atoms with Crippen molar-refractivity contribution in [3.05, 3.63) is 29.8 Å². The van der Waals surface area contributed by atoms with Crippen LogP contribution in [0.1, 0.15) is 42.5 Å². The minimum Gasteiger partial charge on any atom is -0.378 e. The van der Waals surface area contributed by atoms with Gasteiger partial charge in [0, 0.05) is 31.9 Å². The van der Waals surface area contributed by atoms with Gasteiger partial charge in [-0.3, -0.25) is 4.79 Å². The van der Waals surface area contributed by atoms with Crippen LogP contribution in [-0.4, -0.2) is 26.5 Å². The number of nitrogens with one attached hydrogen (secondary N) is 1. The van der Waals surface area contributed by atoms with Crippen molar-refractivity contribution < 1.29 is 4.79 Å². The van der Waals surface area contributed by atoms with E-state index in [4.69, 9.17) is 0 Å². The van der Waals surface area contributed by atoms with Crippen LogP contribution in [0.25, 0.3) is 0 Å². The number of carbonyl (C=O) groups is 1. The standard InChI is InChI=1S/C16H24N2O/c1-18(2)15-9-7-14(8-10-15)16(19)17-12-11-13-5-3-4-6-13/h7-10,13H,3-6,11-12H2,1-2H3,(H,17,19). The lowest BCUT2D eigenvalue weighted by Gasteiger charge is -2.13. The van der Waals surface area contributed by atoms with Gasteiger partial charge in [0.2, 0.25) is 0 Å². The zero-order chi connectivity index (χ0) is 13.7. The fourth-order valence-electron chi connectivity index (χ4n) is 2.70. The quantitative estimate of drug-likeness (QED) is 0.882. The number of anilines is 1. The highest BCUT2D eigenvalue weighted by molar-refractivity contribution is 5.94. The van der Waals surface area contributed by atoms with Gasteiger partial charge < -0.3 is 10.2 Å². The zero-order valence-corrected chi connectivity index (χ0v) is 12.0. The molecule has 1 N–H and O–H groups in total. The van der Waals surface area contributed by atoms with Gasteiger partial charge in [0.15, 0.2) is 0 Å². The van der Waals surface area contributed by atoms with Gasteiger partial charge in [-0.15, -0.1) is 0 Å². The second-order valence-corrected chi connectivity index (χ2v) is 5.64. The van der Waals surface area contributed by atoms with Crippen molar-refractivity contribution in [2.75, 3.05) is 25.5 Å². The van der Waals surface area contributed by atoms with E-state index in [1.165, 1.54) is 25.7 Å². The molecule has 1 aromatic rings. The molecule has 0 spiro atoms. The Balaban J connectivity index is 1.78. The fraction of sp³-hybridized carbons (Fsp3) is 0.562. The molecule has 0 radical (unpaired) electrons. The Morgan fingerprint density at radius 1 is 1.21 bits per heavy atom. The van der Waals surface area contributed by atoms with Gasteiger partial charge in [-0.2, -0.15) is 0 Å². The van der Waals surface area contributed by atoms with Crippen molar-refractivity contribution in [3.8, 4) is 0 Å². The van der Waals surface area contributed by atoms with Gasteiger partial charge in [0.05, 0.1) is 0 Å². The van der Waals surface area contributed by atoms with Crippen LogP contribution in [0, 0.1) is 5.92 Å². The second-order valence-electron chi connectivity index (χ2n) is 5.64. The van der Waals surface area contributed by atoms with Crippen LogP contribution in [0.5, 0.6) is 0 Å². The van der Waals surface area contributed by atoms with Crippen molar-refractivity contribution >= 4 is 11.6 Å². The Hall–Kier alpha value is -1.51. The van der Waals surface area contributed by atoms with E-state index in [1.54, 1.807) is 0 Å². The first-order valence-electron chi connectivity index (χ1n) is 7.22.